The van der Waals surface area contributed by atoms with E-state index >= 15 is 4.39 Å². The number of nitrogens with zero attached hydrogens (tertiary/aromatic N) is 5. The highest BCUT2D eigenvalue weighted by Gasteiger charge is 2.38. The van der Waals surface area contributed by atoms with Crippen LogP contribution in [-0.2, 0) is 9.53 Å². The second-order valence-electron chi connectivity index (χ2n) is 11.6. The van der Waals surface area contributed by atoms with Crippen LogP contribution in [0.3, 0.4) is 0 Å². The van der Waals surface area contributed by atoms with Gasteiger partial charge in [-0.3, -0.25) is 4.90 Å². The van der Waals surface area contributed by atoms with Crippen molar-refractivity contribution in [2.75, 3.05) is 24.5 Å². The smallest absolute Gasteiger partial charge is 0.410 e. The fraction of sp³-hybridized carbons (Fsp3) is 0.344. The van der Waals surface area contributed by atoms with Gasteiger partial charge in [0.25, 0.3) is 5.88 Å². The minimum Gasteiger partial charge on any atom is -0.444 e. The van der Waals surface area contributed by atoms with Gasteiger partial charge in [-0.15, -0.1) is 0 Å². The van der Waals surface area contributed by atoms with Crippen LogP contribution in [0.4, 0.5) is 25.1 Å². The van der Waals surface area contributed by atoms with Gasteiger partial charge in [0.05, 0.1) is 11.3 Å². The third kappa shape index (κ3) is 6.08. The zero-order valence-electron chi connectivity index (χ0n) is 24.9. The Labute approximate surface area is 249 Å². The quantitative estimate of drug-likeness (QED) is 0.332. The first kappa shape index (κ1) is 29.7. The lowest BCUT2D eigenvalue weighted by Gasteiger charge is -2.43. The summed E-state index contributed by atoms with van der Waals surface area (Å²) in [4.78, 5) is 39.5. The summed E-state index contributed by atoms with van der Waals surface area (Å²) in [5, 5.41) is 0. The Hall–Kier alpha value is -4.76. The molecule has 2 aliphatic heterocycles. The lowest BCUT2D eigenvalue weighted by molar-refractivity contribution is 0.0134. The van der Waals surface area contributed by atoms with Crippen LogP contribution >= 0.6 is 0 Å². The number of hydrogen-bond donors (Lipinski definition) is 0. The summed E-state index contributed by atoms with van der Waals surface area (Å²) in [7, 11) is 0. The Bertz CT molecular complexity index is 1640. The number of aromatic nitrogens is 1. The van der Waals surface area contributed by atoms with Gasteiger partial charge in [-0.1, -0.05) is 24.3 Å². The van der Waals surface area contributed by atoms with Crippen LogP contribution in [0.25, 0.3) is 0 Å². The van der Waals surface area contributed by atoms with E-state index in [9.17, 15) is 14.0 Å². The van der Waals surface area contributed by atoms with E-state index in [2.05, 4.69) is 9.98 Å². The van der Waals surface area contributed by atoms with E-state index < -0.39 is 29.2 Å². The van der Waals surface area contributed by atoms with Gasteiger partial charge in [-0.25, -0.2) is 23.4 Å². The number of piperazine rings is 1. The highest BCUT2D eigenvalue weighted by Crippen LogP contribution is 2.41. The maximum atomic E-state index is 15.7. The van der Waals surface area contributed by atoms with Crippen molar-refractivity contribution in [3.63, 3.8) is 0 Å². The molecule has 1 fully saturated rings. The van der Waals surface area contributed by atoms with Gasteiger partial charge in [0.1, 0.15) is 23.0 Å². The molecule has 1 saturated heterocycles. The Morgan fingerprint density at radius 1 is 1.05 bits per heavy atom. The number of aryl methyl sites for hydroxylation is 2. The van der Waals surface area contributed by atoms with E-state index in [0.717, 1.165) is 17.2 Å². The number of para-hydroxylation sites is 1. The molecule has 0 N–H and O–H groups in total. The molecular weight excluding hydrogens is 556 g/mol. The fourth-order valence-electron chi connectivity index (χ4n) is 5.24. The number of pyridine rings is 1. The molecule has 43 heavy (non-hydrogen) atoms. The highest BCUT2D eigenvalue weighted by molar-refractivity contribution is 6.08. The number of aliphatic imine (C=N–C) groups is 1. The number of fused-ring (bicyclic) bond motifs is 1. The SMILES string of the molecule is Cc1cccc(C)c1N1C(=C=O)N=C(N2CCN(C(=O)OC(C)(C)C)C[C@@H]2C)c2cc(F)c(Oc3cccc(F)c3)nc21. The number of rotatable bonds is 3. The first-order valence-corrected chi connectivity index (χ1v) is 14.0. The molecular formula is C32H33F2N5O4. The molecule has 2 aliphatic rings. The number of amidine groups is 1. The molecule has 0 spiro atoms. The summed E-state index contributed by atoms with van der Waals surface area (Å²) in [6, 6.07) is 12.0. The summed E-state index contributed by atoms with van der Waals surface area (Å²) < 4.78 is 40.8. The van der Waals surface area contributed by atoms with Crippen LogP contribution in [0.15, 0.2) is 59.3 Å². The van der Waals surface area contributed by atoms with Gasteiger partial charge < -0.3 is 19.3 Å². The van der Waals surface area contributed by atoms with E-state index in [1.807, 2.05) is 49.8 Å². The summed E-state index contributed by atoms with van der Waals surface area (Å²) in [6.45, 7) is 12.1. The van der Waals surface area contributed by atoms with Crippen molar-refractivity contribution in [3.8, 4) is 11.6 Å². The molecule has 224 valence electrons. The van der Waals surface area contributed by atoms with Crippen molar-refractivity contribution in [1.29, 1.82) is 0 Å². The number of benzene rings is 2. The lowest BCUT2D eigenvalue weighted by Crippen LogP contribution is -2.56. The topological polar surface area (TPSA) is 87.6 Å². The molecule has 0 saturated carbocycles. The lowest BCUT2D eigenvalue weighted by atomic mass is 10.0. The molecule has 1 amide bonds. The number of carbonyl (C=O) groups is 1. The number of ether oxygens (including phenoxy) is 2. The molecule has 3 heterocycles. The van der Waals surface area contributed by atoms with Crippen LogP contribution in [0, 0.1) is 25.5 Å². The Morgan fingerprint density at radius 2 is 1.74 bits per heavy atom. The first-order chi connectivity index (χ1) is 20.4. The predicted molar refractivity (Wildman–Crippen MR) is 158 cm³/mol. The normalized spacial score (nSPS) is 16.8. The number of amides is 1. The zero-order chi connectivity index (χ0) is 31.1. The largest absolute Gasteiger partial charge is 0.444 e. The number of halogens is 2. The standard InChI is InChI=1S/C32H33F2N5O4/c1-19-9-7-10-20(2)27(19)39-26(18-40)35-28(38-14-13-37(17-21(38)3)31(41)43-32(4,5)6)24-16-25(34)30(36-29(24)39)42-23-12-8-11-22(33)15-23/h7-12,15-16,21H,13-14,17H2,1-6H3/t21-/m0/s1. The molecule has 3 aromatic rings. The molecule has 0 unspecified atom stereocenters. The van der Waals surface area contributed by atoms with E-state index in [-0.39, 0.29) is 23.4 Å². The molecule has 0 bridgehead atoms. The maximum absolute atomic E-state index is 15.7. The van der Waals surface area contributed by atoms with Gasteiger partial charge in [-0.05, 0) is 70.9 Å². The Morgan fingerprint density at radius 3 is 2.37 bits per heavy atom. The monoisotopic (exact) mass is 589 g/mol. The minimum atomic E-state index is -0.796. The van der Waals surface area contributed by atoms with Gasteiger partial charge in [-0.2, -0.15) is 4.98 Å². The summed E-state index contributed by atoms with van der Waals surface area (Å²) >= 11 is 0. The summed E-state index contributed by atoms with van der Waals surface area (Å²) in [5.41, 5.74) is 1.98. The highest BCUT2D eigenvalue weighted by atomic mass is 19.1. The molecule has 0 radical (unpaired) electrons. The Balaban J connectivity index is 1.60. The van der Waals surface area contributed by atoms with Crippen LogP contribution in [-0.4, -0.2) is 63.9 Å². The van der Waals surface area contributed by atoms with E-state index in [1.54, 1.807) is 25.7 Å². The van der Waals surface area contributed by atoms with Gasteiger partial charge in [0.15, 0.2) is 17.6 Å². The predicted octanol–water partition coefficient (Wildman–Crippen LogP) is 6.28. The second kappa shape index (κ2) is 11.5. The van der Waals surface area contributed by atoms with Crippen molar-refractivity contribution in [2.24, 2.45) is 4.99 Å². The van der Waals surface area contributed by atoms with Crippen molar-refractivity contribution in [2.45, 2.75) is 53.2 Å². The molecule has 11 heteroatoms. The van der Waals surface area contributed by atoms with Crippen LogP contribution in [0.1, 0.15) is 44.4 Å². The van der Waals surface area contributed by atoms with E-state index in [1.165, 1.54) is 29.2 Å². The number of hydrogen-bond acceptors (Lipinski definition) is 8. The molecule has 5 rings (SSSR count). The number of carbonyl (C=O) groups excluding carboxylic acids is 2. The third-order valence-electron chi connectivity index (χ3n) is 7.12. The van der Waals surface area contributed by atoms with Crippen molar-refractivity contribution in [1.82, 2.24) is 14.8 Å². The average molecular weight is 590 g/mol. The zero-order valence-corrected chi connectivity index (χ0v) is 24.9. The summed E-state index contributed by atoms with van der Waals surface area (Å²) in [5.74, 6) is 0.719. The van der Waals surface area contributed by atoms with Gasteiger partial charge >= 0.3 is 6.09 Å². The molecule has 0 aliphatic carbocycles. The van der Waals surface area contributed by atoms with Gasteiger partial charge in [0, 0.05) is 31.7 Å². The first-order valence-electron chi connectivity index (χ1n) is 14.0. The van der Waals surface area contributed by atoms with Crippen LogP contribution in [0.5, 0.6) is 11.6 Å². The molecule has 9 nitrogen and oxygen atoms in total. The fourth-order valence-corrected chi connectivity index (χ4v) is 5.24. The molecule has 2 aromatic carbocycles. The van der Waals surface area contributed by atoms with E-state index in [0.29, 0.717) is 36.7 Å². The average Bonchev–Trinajstić information content (AvgIpc) is 2.93. The maximum Gasteiger partial charge on any atom is 0.410 e. The van der Waals surface area contributed by atoms with Crippen LogP contribution < -0.4 is 9.64 Å². The molecule has 1 atom stereocenters. The minimum absolute atomic E-state index is 0.0627. The second-order valence-corrected chi connectivity index (χ2v) is 11.6. The third-order valence-corrected chi connectivity index (χ3v) is 7.12. The van der Waals surface area contributed by atoms with E-state index in [4.69, 9.17) is 9.47 Å². The van der Waals surface area contributed by atoms with Gasteiger partial charge in [0.2, 0.25) is 5.82 Å². The van der Waals surface area contributed by atoms with Crippen LogP contribution in [0.2, 0.25) is 0 Å². The Kier molecular flexibility index (Phi) is 7.94. The number of anilines is 2. The summed E-state index contributed by atoms with van der Waals surface area (Å²) in [6.07, 6.45) is -0.425. The van der Waals surface area contributed by atoms with Crippen molar-refractivity contribution in [3.05, 3.63) is 82.7 Å². The van der Waals surface area contributed by atoms with Crippen molar-refractivity contribution >= 4 is 29.4 Å². The molecule has 1 aromatic heterocycles. The van der Waals surface area contributed by atoms with Crippen molar-refractivity contribution < 1.29 is 27.8 Å².